The lowest BCUT2D eigenvalue weighted by Gasteiger charge is -2.22. The van der Waals surface area contributed by atoms with E-state index in [-0.39, 0.29) is 6.10 Å². The largest absolute Gasteiger partial charge is 0.492 e. The summed E-state index contributed by atoms with van der Waals surface area (Å²) in [5.41, 5.74) is 7.60. The lowest BCUT2D eigenvalue weighted by molar-refractivity contribution is 0.0719. The Morgan fingerprint density at radius 3 is 2.95 bits per heavy atom. The number of nitrogen functional groups attached to an aromatic ring is 1. The first-order valence-electron chi connectivity index (χ1n) is 7.23. The molecule has 1 aromatic heterocycles. The molecule has 3 rings (SSSR count). The summed E-state index contributed by atoms with van der Waals surface area (Å²) in [5.74, 6) is 2.43. The molecule has 21 heavy (non-hydrogen) atoms. The molecule has 1 atom stereocenters. The van der Waals surface area contributed by atoms with Crippen LogP contribution in [0.4, 0.5) is 5.69 Å². The molecule has 6 nitrogen and oxygen atoms in total. The van der Waals surface area contributed by atoms with Crippen LogP contribution in [0.5, 0.6) is 5.75 Å². The molecule has 112 valence electrons. The van der Waals surface area contributed by atoms with E-state index < -0.39 is 0 Å². The molecular formula is C15H20N4O2. The van der Waals surface area contributed by atoms with Crippen molar-refractivity contribution in [2.24, 2.45) is 0 Å². The third kappa shape index (κ3) is 2.47. The van der Waals surface area contributed by atoms with Gasteiger partial charge in [-0.25, -0.2) is 0 Å². The van der Waals surface area contributed by atoms with Crippen LogP contribution < -0.4 is 10.5 Å². The van der Waals surface area contributed by atoms with Crippen molar-refractivity contribution in [3.05, 3.63) is 24.0 Å². The first kappa shape index (κ1) is 13.9. The lowest BCUT2D eigenvalue weighted by Crippen LogP contribution is -2.18. The van der Waals surface area contributed by atoms with E-state index in [0.29, 0.717) is 18.0 Å². The van der Waals surface area contributed by atoms with Crippen LogP contribution in [0.1, 0.15) is 31.7 Å². The van der Waals surface area contributed by atoms with E-state index >= 15 is 0 Å². The molecule has 0 aliphatic carbocycles. The standard InChI is InChI=1S/C15H20N4O2/c1-3-21-12-7-6-10(9-11(12)16)14-17-18-15-13(20-2)5-4-8-19(14)15/h6-7,9,13H,3-5,8,16H2,1-2H3. The summed E-state index contributed by atoms with van der Waals surface area (Å²) in [6.07, 6.45) is 2.07. The van der Waals surface area contributed by atoms with E-state index in [9.17, 15) is 0 Å². The Morgan fingerprint density at radius 2 is 2.24 bits per heavy atom. The quantitative estimate of drug-likeness (QED) is 0.874. The minimum Gasteiger partial charge on any atom is -0.492 e. The highest BCUT2D eigenvalue weighted by molar-refractivity contribution is 5.66. The Kier molecular flexibility index (Phi) is 3.79. The normalized spacial score (nSPS) is 17.5. The van der Waals surface area contributed by atoms with Crippen molar-refractivity contribution in [1.29, 1.82) is 0 Å². The Morgan fingerprint density at radius 1 is 1.38 bits per heavy atom. The summed E-state index contributed by atoms with van der Waals surface area (Å²) < 4.78 is 13.1. The van der Waals surface area contributed by atoms with Crippen molar-refractivity contribution in [2.75, 3.05) is 19.5 Å². The van der Waals surface area contributed by atoms with Crippen LogP contribution in [0.3, 0.4) is 0 Å². The van der Waals surface area contributed by atoms with Crippen molar-refractivity contribution in [2.45, 2.75) is 32.4 Å². The van der Waals surface area contributed by atoms with Gasteiger partial charge in [-0.15, -0.1) is 10.2 Å². The van der Waals surface area contributed by atoms with Crippen molar-refractivity contribution in [3.8, 4) is 17.1 Å². The monoisotopic (exact) mass is 288 g/mol. The average Bonchev–Trinajstić information content (AvgIpc) is 2.93. The van der Waals surface area contributed by atoms with Gasteiger partial charge in [0.05, 0.1) is 12.3 Å². The van der Waals surface area contributed by atoms with E-state index in [1.165, 1.54) is 0 Å². The van der Waals surface area contributed by atoms with Crippen LogP contribution in [0.25, 0.3) is 11.4 Å². The highest BCUT2D eigenvalue weighted by Crippen LogP contribution is 2.32. The zero-order chi connectivity index (χ0) is 14.8. The van der Waals surface area contributed by atoms with Crippen molar-refractivity contribution in [1.82, 2.24) is 14.8 Å². The number of methoxy groups -OCH3 is 1. The molecule has 1 aromatic carbocycles. The molecule has 0 amide bonds. The maximum absolute atomic E-state index is 6.04. The number of ether oxygens (including phenoxy) is 2. The number of nitrogens with two attached hydrogens (primary N) is 1. The van der Waals surface area contributed by atoms with Gasteiger partial charge in [-0.1, -0.05) is 0 Å². The molecule has 1 aliphatic rings. The smallest absolute Gasteiger partial charge is 0.164 e. The first-order valence-corrected chi connectivity index (χ1v) is 7.23. The number of rotatable bonds is 4. The first-order chi connectivity index (χ1) is 10.2. The van der Waals surface area contributed by atoms with Crippen LogP contribution in [0, 0.1) is 0 Å². The van der Waals surface area contributed by atoms with Crippen LogP contribution in [0.15, 0.2) is 18.2 Å². The summed E-state index contributed by atoms with van der Waals surface area (Å²) in [7, 11) is 1.71. The van der Waals surface area contributed by atoms with Crippen molar-refractivity contribution in [3.63, 3.8) is 0 Å². The molecule has 1 aliphatic heterocycles. The van der Waals surface area contributed by atoms with Crippen LogP contribution in [0.2, 0.25) is 0 Å². The van der Waals surface area contributed by atoms with Crippen LogP contribution in [-0.4, -0.2) is 28.5 Å². The lowest BCUT2D eigenvalue weighted by atomic mass is 10.1. The van der Waals surface area contributed by atoms with Gasteiger partial charge in [0.1, 0.15) is 11.9 Å². The molecule has 2 aromatic rings. The molecule has 6 heteroatoms. The molecule has 2 N–H and O–H groups in total. The molecule has 0 saturated heterocycles. The molecule has 0 radical (unpaired) electrons. The van der Waals surface area contributed by atoms with E-state index in [0.717, 1.165) is 36.6 Å². The van der Waals surface area contributed by atoms with Crippen LogP contribution >= 0.6 is 0 Å². The van der Waals surface area contributed by atoms with Gasteiger partial charge >= 0.3 is 0 Å². The molecular weight excluding hydrogens is 268 g/mol. The summed E-state index contributed by atoms with van der Waals surface area (Å²) in [4.78, 5) is 0. The van der Waals surface area contributed by atoms with E-state index in [1.54, 1.807) is 7.11 Å². The Hall–Kier alpha value is -2.08. The second-order valence-electron chi connectivity index (χ2n) is 5.09. The number of benzene rings is 1. The highest BCUT2D eigenvalue weighted by atomic mass is 16.5. The predicted octanol–water partition coefficient (Wildman–Crippen LogP) is 2.41. The molecule has 0 fully saturated rings. The fraction of sp³-hybridized carbons (Fsp3) is 0.467. The number of nitrogens with zero attached hydrogens (tertiary/aromatic N) is 3. The fourth-order valence-corrected chi connectivity index (χ4v) is 2.75. The number of aromatic nitrogens is 3. The third-order valence-electron chi connectivity index (χ3n) is 3.77. The summed E-state index contributed by atoms with van der Waals surface area (Å²) in [6.45, 7) is 3.44. The van der Waals surface area contributed by atoms with E-state index in [2.05, 4.69) is 14.8 Å². The minimum atomic E-state index is 0.0278. The van der Waals surface area contributed by atoms with Gasteiger partial charge in [0.15, 0.2) is 11.6 Å². The molecule has 2 heterocycles. The van der Waals surface area contributed by atoms with Crippen LogP contribution in [-0.2, 0) is 11.3 Å². The predicted molar refractivity (Wildman–Crippen MR) is 80.0 cm³/mol. The Bertz CT molecular complexity index is 639. The maximum atomic E-state index is 6.04. The average molecular weight is 288 g/mol. The van der Waals surface area contributed by atoms with Gasteiger partial charge in [0, 0.05) is 19.2 Å². The maximum Gasteiger partial charge on any atom is 0.164 e. The number of fused-ring (bicyclic) bond motifs is 1. The number of hydrogen-bond acceptors (Lipinski definition) is 5. The summed E-state index contributed by atoms with van der Waals surface area (Å²) in [6, 6.07) is 5.74. The number of anilines is 1. The van der Waals surface area contributed by atoms with E-state index in [1.807, 2.05) is 25.1 Å². The third-order valence-corrected chi connectivity index (χ3v) is 3.77. The summed E-state index contributed by atoms with van der Waals surface area (Å²) in [5, 5.41) is 8.61. The van der Waals surface area contributed by atoms with E-state index in [4.69, 9.17) is 15.2 Å². The molecule has 0 saturated carbocycles. The van der Waals surface area contributed by atoms with Crippen molar-refractivity contribution >= 4 is 5.69 Å². The molecule has 0 bridgehead atoms. The Balaban J connectivity index is 1.98. The van der Waals surface area contributed by atoms with Gasteiger partial charge in [-0.3, -0.25) is 0 Å². The molecule has 0 spiro atoms. The van der Waals surface area contributed by atoms with Gasteiger partial charge in [-0.05, 0) is 38.0 Å². The topological polar surface area (TPSA) is 75.2 Å². The second-order valence-corrected chi connectivity index (χ2v) is 5.09. The Labute approximate surface area is 123 Å². The zero-order valence-corrected chi connectivity index (χ0v) is 12.4. The minimum absolute atomic E-state index is 0.0278. The van der Waals surface area contributed by atoms with Gasteiger partial charge in [-0.2, -0.15) is 0 Å². The van der Waals surface area contributed by atoms with Crippen molar-refractivity contribution < 1.29 is 9.47 Å². The molecule has 1 unspecified atom stereocenters. The fourth-order valence-electron chi connectivity index (χ4n) is 2.75. The zero-order valence-electron chi connectivity index (χ0n) is 12.4. The SMILES string of the molecule is CCOc1ccc(-c2nnc3n2CCCC3OC)cc1N. The highest BCUT2D eigenvalue weighted by Gasteiger charge is 2.25. The van der Waals surface area contributed by atoms with Gasteiger partial charge < -0.3 is 19.8 Å². The number of hydrogen-bond donors (Lipinski definition) is 1. The van der Waals surface area contributed by atoms with Gasteiger partial charge in [0.2, 0.25) is 0 Å². The second kappa shape index (κ2) is 5.73. The van der Waals surface area contributed by atoms with Gasteiger partial charge in [0.25, 0.3) is 0 Å². The summed E-state index contributed by atoms with van der Waals surface area (Å²) >= 11 is 0.